The molecule has 224 valence electrons. The highest BCUT2D eigenvalue weighted by Crippen LogP contribution is 2.39. The van der Waals surface area contributed by atoms with E-state index in [2.05, 4.69) is 10.6 Å². The molecule has 1 aliphatic carbocycles. The van der Waals surface area contributed by atoms with Crippen LogP contribution in [0, 0.1) is 20.8 Å². The third-order valence-electron chi connectivity index (χ3n) is 8.38. The van der Waals surface area contributed by atoms with E-state index in [-0.39, 0.29) is 11.5 Å². The highest BCUT2D eigenvalue weighted by atomic mass is 32.1. The number of anilines is 2. The molecule has 1 aliphatic heterocycles. The van der Waals surface area contributed by atoms with Crippen LogP contribution in [0.4, 0.5) is 16.2 Å². The van der Waals surface area contributed by atoms with Crippen molar-refractivity contribution in [3.05, 3.63) is 104 Å². The number of urea groups is 1. The van der Waals surface area contributed by atoms with Gasteiger partial charge in [0.1, 0.15) is 10.6 Å². The van der Waals surface area contributed by atoms with Gasteiger partial charge in [-0.05, 0) is 99.9 Å². The Labute approximate surface area is 260 Å². The van der Waals surface area contributed by atoms with E-state index >= 15 is 0 Å². The van der Waals surface area contributed by atoms with Crippen LogP contribution in [0.25, 0.3) is 11.1 Å². The molecule has 0 saturated carbocycles. The molecule has 2 aromatic heterocycles. The number of para-hydroxylation sites is 1. The van der Waals surface area contributed by atoms with Gasteiger partial charge in [0.25, 0.3) is 17.7 Å². The summed E-state index contributed by atoms with van der Waals surface area (Å²) in [6, 6.07) is 16.1. The summed E-state index contributed by atoms with van der Waals surface area (Å²) in [6.07, 6.45) is 6.05. The molecule has 0 spiro atoms. The lowest BCUT2D eigenvalue weighted by molar-refractivity contribution is -0.122. The van der Waals surface area contributed by atoms with Gasteiger partial charge in [0.15, 0.2) is 0 Å². The van der Waals surface area contributed by atoms with E-state index in [1.807, 2.05) is 74.7 Å². The Balaban J connectivity index is 1.41. The van der Waals surface area contributed by atoms with E-state index in [9.17, 15) is 19.2 Å². The number of carbonyl (C=O) groups is 4. The molecular weight excluding hydrogens is 572 g/mol. The number of fused-ring (bicyclic) bond motifs is 1. The van der Waals surface area contributed by atoms with Crippen molar-refractivity contribution in [3.63, 3.8) is 0 Å². The molecule has 3 heterocycles. The first kappa shape index (κ1) is 29.3. The smallest absolute Gasteiger partial charge is 0.322 e. The quantitative estimate of drug-likeness (QED) is 0.186. The van der Waals surface area contributed by atoms with E-state index in [4.69, 9.17) is 0 Å². The van der Waals surface area contributed by atoms with Crippen LogP contribution in [-0.4, -0.2) is 28.3 Å². The number of hydrogen-bond acceptors (Lipinski definition) is 5. The average molecular weight is 607 g/mol. The number of nitrogens with zero attached hydrogens (tertiary/aromatic N) is 2. The number of amides is 5. The minimum absolute atomic E-state index is 0.126. The van der Waals surface area contributed by atoms with Crippen molar-refractivity contribution in [3.8, 4) is 5.00 Å². The molecule has 2 aliphatic rings. The van der Waals surface area contributed by atoms with E-state index < -0.39 is 17.8 Å². The number of nitrogens with one attached hydrogen (secondary N) is 2. The van der Waals surface area contributed by atoms with E-state index in [0.717, 1.165) is 69.3 Å². The topological polar surface area (TPSA) is 101 Å². The zero-order valence-corrected chi connectivity index (χ0v) is 26.1. The minimum atomic E-state index is -0.767. The summed E-state index contributed by atoms with van der Waals surface area (Å²) in [5.74, 6) is -1.56. The van der Waals surface area contributed by atoms with Gasteiger partial charge in [0.2, 0.25) is 0 Å². The van der Waals surface area contributed by atoms with Crippen LogP contribution in [0.3, 0.4) is 0 Å². The van der Waals surface area contributed by atoms with Crippen LogP contribution in [0.5, 0.6) is 0 Å². The molecule has 6 rings (SSSR count). The number of rotatable bonds is 6. The highest BCUT2D eigenvalue weighted by molar-refractivity contribution is 7.15. The van der Waals surface area contributed by atoms with Gasteiger partial charge in [-0.25, -0.2) is 9.69 Å². The predicted molar refractivity (Wildman–Crippen MR) is 174 cm³/mol. The molecule has 2 N–H and O–H groups in total. The Bertz CT molecular complexity index is 1860. The Kier molecular flexibility index (Phi) is 7.82. The summed E-state index contributed by atoms with van der Waals surface area (Å²) in [5.41, 5.74) is 7.08. The van der Waals surface area contributed by atoms with Crippen LogP contribution in [-0.2, 0) is 28.9 Å². The number of hydrogen-bond donors (Lipinski definition) is 2. The summed E-state index contributed by atoms with van der Waals surface area (Å²) in [6.45, 7) is 7.82. The SMILES string of the molecule is CCc1ccccc1N1C(=O)NC(=O)/C(=C\c2cc(C)n(-c3sc4c(c3C(=O)Nc3ccc(C)cc3)CCCC4)c2C)C1=O. The van der Waals surface area contributed by atoms with Crippen molar-refractivity contribution in [1.29, 1.82) is 0 Å². The number of imide groups is 2. The lowest BCUT2D eigenvalue weighted by Gasteiger charge is -2.27. The van der Waals surface area contributed by atoms with Crippen LogP contribution in [0.1, 0.15) is 68.6 Å². The number of carbonyl (C=O) groups excluding carboxylic acids is 4. The van der Waals surface area contributed by atoms with Crippen LogP contribution in [0.2, 0.25) is 0 Å². The molecule has 4 aromatic rings. The molecule has 9 heteroatoms. The zero-order chi connectivity index (χ0) is 31.1. The molecule has 1 fully saturated rings. The normalized spacial score (nSPS) is 15.9. The molecule has 0 atom stereocenters. The fourth-order valence-corrected chi connectivity index (χ4v) is 7.58. The first-order valence-corrected chi connectivity index (χ1v) is 15.7. The maximum absolute atomic E-state index is 13.8. The summed E-state index contributed by atoms with van der Waals surface area (Å²) in [5, 5.41) is 6.26. The molecule has 1 saturated heterocycles. The predicted octanol–water partition coefficient (Wildman–Crippen LogP) is 6.82. The third kappa shape index (κ3) is 5.17. The average Bonchev–Trinajstić information content (AvgIpc) is 3.52. The highest BCUT2D eigenvalue weighted by Gasteiger charge is 2.38. The molecule has 44 heavy (non-hydrogen) atoms. The Hall–Kier alpha value is -4.76. The molecule has 0 radical (unpaired) electrons. The number of benzene rings is 2. The maximum atomic E-state index is 13.8. The molecule has 2 aromatic carbocycles. The summed E-state index contributed by atoms with van der Waals surface area (Å²) in [4.78, 5) is 55.6. The Morgan fingerprint density at radius 1 is 1.00 bits per heavy atom. The zero-order valence-electron chi connectivity index (χ0n) is 25.2. The number of thiophene rings is 1. The fourth-order valence-electron chi connectivity index (χ4n) is 6.08. The van der Waals surface area contributed by atoms with Crippen LogP contribution in [0.15, 0.2) is 60.2 Å². The van der Waals surface area contributed by atoms with Gasteiger partial charge in [0.05, 0.1) is 11.3 Å². The number of aryl methyl sites for hydroxylation is 4. The second kappa shape index (κ2) is 11.7. The minimum Gasteiger partial charge on any atom is -0.322 e. The lowest BCUT2D eigenvalue weighted by atomic mass is 9.95. The largest absolute Gasteiger partial charge is 0.335 e. The number of barbiturate groups is 1. The van der Waals surface area contributed by atoms with Gasteiger partial charge in [-0.1, -0.05) is 42.8 Å². The fraction of sp³-hybridized carbons (Fsp3) is 0.257. The van der Waals surface area contributed by atoms with E-state index in [1.165, 1.54) is 4.88 Å². The van der Waals surface area contributed by atoms with E-state index in [0.29, 0.717) is 23.2 Å². The molecule has 8 nitrogen and oxygen atoms in total. The first-order valence-electron chi connectivity index (χ1n) is 14.9. The molecule has 5 amide bonds. The standard InChI is InChI=1S/C35H34N4O4S/c1-5-23-10-6-8-12-28(23)39-33(42)27(31(40)37-35(39)43)19-24-18-21(3)38(22(24)4)34-30(26-11-7-9-13-29(26)44-34)32(41)36-25-16-14-20(2)15-17-25/h6,8,10,12,14-19H,5,7,9,11,13H2,1-4H3,(H,36,41)(H,37,40,43)/b27-19+. The van der Waals surface area contributed by atoms with Crippen LogP contribution >= 0.6 is 11.3 Å². The third-order valence-corrected chi connectivity index (χ3v) is 9.65. The van der Waals surface area contributed by atoms with Crippen molar-refractivity contribution in [2.24, 2.45) is 0 Å². The first-order chi connectivity index (χ1) is 21.2. The van der Waals surface area contributed by atoms with Gasteiger partial charge < -0.3 is 9.88 Å². The van der Waals surface area contributed by atoms with Gasteiger partial charge in [0, 0.05) is 22.0 Å². The van der Waals surface area contributed by atoms with Crippen molar-refractivity contribution in [2.45, 2.75) is 59.8 Å². The molecule has 0 unspecified atom stereocenters. The van der Waals surface area contributed by atoms with Gasteiger partial charge in [-0.2, -0.15) is 0 Å². The number of aromatic nitrogens is 1. The second-order valence-corrected chi connectivity index (χ2v) is 12.4. The summed E-state index contributed by atoms with van der Waals surface area (Å²) < 4.78 is 2.04. The van der Waals surface area contributed by atoms with Crippen molar-refractivity contribution in [1.82, 2.24) is 9.88 Å². The Morgan fingerprint density at radius 3 is 2.48 bits per heavy atom. The van der Waals surface area contributed by atoms with Crippen molar-refractivity contribution < 1.29 is 19.2 Å². The Morgan fingerprint density at radius 2 is 1.73 bits per heavy atom. The lowest BCUT2D eigenvalue weighted by Crippen LogP contribution is -2.54. The van der Waals surface area contributed by atoms with Crippen LogP contribution < -0.4 is 15.5 Å². The van der Waals surface area contributed by atoms with Gasteiger partial charge in [-0.15, -0.1) is 11.3 Å². The second-order valence-electron chi connectivity index (χ2n) is 11.3. The van der Waals surface area contributed by atoms with Crippen molar-refractivity contribution >= 4 is 52.5 Å². The maximum Gasteiger partial charge on any atom is 0.335 e. The van der Waals surface area contributed by atoms with Crippen molar-refractivity contribution in [2.75, 3.05) is 10.2 Å². The summed E-state index contributed by atoms with van der Waals surface area (Å²) in [7, 11) is 0. The van der Waals surface area contributed by atoms with E-state index in [1.54, 1.807) is 29.5 Å². The van der Waals surface area contributed by atoms with Gasteiger partial charge in [-0.3, -0.25) is 19.7 Å². The molecule has 0 bridgehead atoms. The monoisotopic (exact) mass is 606 g/mol. The molecular formula is C35H34N4O4S. The van der Waals surface area contributed by atoms with Gasteiger partial charge >= 0.3 is 6.03 Å². The summed E-state index contributed by atoms with van der Waals surface area (Å²) >= 11 is 1.63.